The minimum atomic E-state index is -0.691. The second-order valence-electron chi connectivity index (χ2n) is 3.13. The third-order valence-corrected chi connectivity index (χ3v) is 2.07. The van der Waals surface area contributed by atoms with Gasteiger partial charge in [-0.25, -0.2) is 0 Å². The molecule has 0 atom stereocenters. The van der Waals surface area contributed by atoms with E-state index in [-0.39, 0.29) is 17.3 Å². The largest absolute Gasteiger partial charge is 0.364 e. The molecular weight excluding hydrogens is 196 g/mol. The molecule has 0 aliphatic heterocycles. The van der Waals surface area contributed by atoms with Gasteiger partial charge in [0.15, 0.2) is 5.69 Å². The Labute approximate surface area is 87.7 Å². The quantitative estimate of drug-likeness (QED) is 0.722. The van der Waals surface area contributed by atoms with Crippen molar-refractivity contribution < 1.29 is 9.59 Å². The number of amides is 2. The second-order valence-corrected chi connectivity index (χ2v) is 3.13. The first-order chi connectivity index (χ1) is 6.97. The Morgan fingerprint density at radius 3 is 2.60 bits per heavy atom. The van der Waals surface area contributed by atoms with Crippen molar-refractivity contribution in [2.45, 2.75) is 6.92 Å². The Kier molecular flexibility index (Phi) is 3.08. The highest BCUT2D eigenvalue weighted by atomic mass is 16.2. The van der Waals surface area contributed by atoms with Crippen LogP contribution in [0, 0.1) is 6.07 Å². The fourth-order valence-electron chi connectivity index (χ4n) is 1.05. The number of nitrogens with two attached hydrogens (primary N) is 1. The molecule has 2 N–H and O–H groups in total. The van der Waals surface area contributed by atoms with Crippen molar-refractivity contribution in [1.29, 1.82) is 0 Å². The number of primary amides is 1. The van der Waals surface area contributed by atoms with E-state index < -0.39 is 5.91 Å². The molecule has 1 aromatic heterocycles. The number of nitrogens with zero attached hydrogens (tertiary/aromatic N) is 3. The van der Waals surface area contributed by atoms with E-state index in [0.717, 1.165) is 0 Å². The van der Waals surface area contributed by atoms with Crippen molar-refractivity contribution in [1.82, 2.24) is 14.7 Å². The summed E-state index contributed by atoms with van der Waals surface area (Å²) < 4.78 is 1.30. The molecule has 1 radical (unpaired) electrons. The highest BCUT2D eigenvalue weighted by Gasteiger charge is 2.18. The molecule has 15 heavy (non-hydrogen) atoms. The molecule has 81 valence electrons. The topological polar surface area (TPSA) is 81.2 Å². The minimum Gasteiger partial charge on any atom is -0.364 e. The molecule has 1 heterocycles. The van der Waals surface area contributed by atoms with Crippen LogP contribution < -0.4 is 5.73 Å². The summed E-state index contributed by atoms with van der Waals surface area (Å²) in [5, 5.41) is 3.79. The second kappa shape index (κ2) is 4.12. The standard InChI is InChI=1S/C9H13N4O2/c1-4-12(2)9(15)7-5-6(8(10)14)11-13(7)3/h4H2,1-3H3,(H2,10,14). The summed E-state index contributed by atoms with van der Waals surface area (Å²) in [5.41, 5.74) is 5.24. The summed E-state index contributed by atoms with van der Waals surface area (Å²) >= 11 is 0. The van der Waals surface area contributed by atoms with E-state index in [4.69, 9.17) is 5.73 Å². The smallest absolute Gasteiger partial charge is 0.272 e. The Morgan fingerprint density at radius 1 is 1.60 bits per heavy atom. The molecule has 1 rings (SSSR count). The molecule has 6 heteroatoms. The number of carbonyl (C=O) groups excluding carboxylic acids is 2. The molecular formula is C9H13N4O2. The minimum absolute atomic E-state index is 0.0228. The van der Waals surface area contributed by atoms with E-state index in [0.29, 0.717) is 6.54 Å². The van der Waals surface area contributed by atoms with Crippen LogP contribution in [-0.2, 0) is 7.05 Å². The van der Waals surface area contributed by atoms with Gasteiger partial charge in [0, 0.05) is 20.6 Å². The lowest BCUT2D eigenvalue weighted by molar-refractivity contribution is 0.0791. The lowest BCUT2D eigenvalue weighted by Gasteiger charge is -2.13. The van der Waals surface area contributed by atoms with E-state index in [9.17, 15) is 9.59 Å². The Bertz CT molecular complexity index is 397. The molecule has 0 unspecified atom stereocenters. The van der Waals surface area contributed by atoms with Gasteiger partial charge in [-0.05, 0) is 6.92 Å². The lowest BCUT2D eigenvalue weighted by Crippen LogP contribution is -2.28. The highest BCUT2D eigenvalue weighted by Crippen LogP contribution is 2.04. The number of aryl methyl sites for hydroxylation is 1. The van der Waals surface area contributed by atoms with Gasteiger partial charge in [0.05, 0.1) is 6.07 Å². The van der Waals surface area contributed by atoms with Gasteiger partial charge in [-0.15, -0.1) is 0 Å². The summed E-state index contributed by atoms with van der Waals surface area (Å²) in [6.45, 7) is 2.42. The van der Waals surface area contributed by atoms with Crippen molar-refractivity contribution in [3.05, 3.63) is 17.5 Å². The van der Waals surface area contributed by atoms with Gasteiger partial charge in [-0.1, -0.05) is 0 Å². The Balaban J connectivity index is 3.05. The first kappa shape index (κ1) is 11.2. The van der Waals surface area contributed by atoms with Crippen LogP contribution in [0.1, 0.15) is 27.9 Å². The number of hydrogen-bond donors (Lipinski definition) is 1. The van der Waals surface area contributed by atoms with E-state index in [1.165, 1.54) is 9.58 Å². The monoisotopic (exact) mass is 209 g/mol. The van der Waals surface area contributed by atoms with Crippen molar-refractivity contribution in [3.63, 3.8) is 0 Å². The maximum absolute atomic E-state index is 11.7. The summed E-state index contributed by atoms with van der Waals surface area (Å²) in [5.74, 6) is -0.927. The average molecular weight is 209 g/mol. The Morgan fingerprint density at radius 2 is 2.20 bits per heavy atom. The van der Waals surface area contributed by atoms with Gasteiger partial charge < -0.3 is 10.6 Å². The average Bonchev–Trinajstić information content (AvgIpc) is 2.58. The molecule has 0 aliphatic rings. The van der Waals surface area contributed by atoms with Gasteiger partial charge in [0.25, 0.3) is 11.8 Å². The van der Waals surface area contributed by atoms with Gasteiger partial charge in [-0.3, -0.25) is 14.3 Å². The van der Waals surface area contributed by atoms with Gasteiger partial charge in [-0.2, -0.15) is 5.10 Å². The third-order valence-electron chi connectivity index (χ3n) is 2.07. The summed E-state index contributed by atoms with van der Waals surface area (Å²) in [7, 11) is 3.23. The molecule has 1 aromatic rings. The number of rotatable bonds is 3. The zero-order valence-electron chi connectivity index (χ0n) is 8.94. The molecule has 0 fully saturated rings. The lowest BCUT2D eigenvalue weighted by atomic mass is 10.3. The number of carbonyl (C=O) groups is 2. The summed E-state index contributed by atoms with van der Waals surface area (Å²) in [6, 6.07) is 2.58. The van der Waals surface area contributed by atoms with Gasteiger partial charge in [0.1, 0.15) is 5.69 Å². The SMILES string of the molecule is CCN(C)C(=O)c1[c]c(C(N)=O)nn1C. The molecule has 0 aliphatic carbocycles. The molecule has 6 nitrogen and oxygen atoms in total. The maximum Gasteiger partial charge on any atom is 0.272 e. The molecule has 0 aromatic carbocycles. The number of aromatic nitrogens is 2. The van der Waals surface area contributed by atoms with Crippen molar-refractivity contribution in [2.75, 3.05) is 13.6 Å². The van der Waals surface area contributed by atoms with E-state index >= 15 is 0 Å². The van der Waals surface area contributed by atoms with E-state index in [1.54, 1.807) is 14.1 Å². The summed E-state index contributed by atoms with van der Waals surface area (Å²) in [4.78, 5) is 24.0. The molecule has 0 saturated carbocycles. The highest BCUT2D eigenvalue weighted by molar-refractivity contribution is 5.96. The third kappa shape index (κ3) is 2.15. The van der Waals surface area contributed by atoms with Crippen LogP contribution in [0.25, 0.3) is 0 Å². The van der Waals surface area contributed by atoms with Crippen molar-refractivity contribution in [2.24, 2.45) is 12.8 Å². The van der Waals surface area contributed by atoms with E-state index in [2.05, 4.69) is 11.2 Å². The predicted molar refractivity (Wildman–Crippen MR) is 53.2 cm³/mol. The fraction of sp³-hybridized carbons (Fsp3) is 0.444. The van der Waals surface area contributed by atoms with Gasteiger partial charge in [0.2, 0.25) is 0 Å². The predicted octanol–water partition coefficient (Wildman–Crippen LogP) is -0.589. The van der Waals surface area contributed by atoms with Crippen molar-refractivity contribution >= 4 is 11.8 Å². The van der Waals surface area contributed by atoms with Crippen LogP contribution in [0.4, 0.5) is 0 Å². The zero-order chi connectivity index (χ0) is 11.6. The van der Waals surface area contributed by atoms with Crippen LogP contribution in [0.5, 0.6) is 0 Å². The molecule has 0 saturated heterocycles. The molecule has 0 bridgehead atoms. The molecule has 0 spiro atoms. The van der Waals surface area contributed by atoms with Crippen LogP contribution in [0.3, 0.4) is 0 Å². The number of hydrogen-bond acceptors (Lipinski definition) is 3. The van der Waals surface area contributed by atoms with Crippen molar-refractivity contribution in [3.8, 4) is 0 Å². The maximum atomic E-state index is 11.7. The first-order valence-electron chi connectivity index (χ1n) is 4.49. The van der Waals surface area contributed by atoms with Crippen LogP contribution in [0.15, 0.2) is 0 Å². The van der Waals surface area contributed by atoms with Crippen LogP contribution in [-0.4, -0.2) is 40.1 Å². The van der Waals surface area contributed by atoms with Crippen LogP contribution >= 0.6 is 0 Å². The molecule has 2 amide bonds. The Hall–Kier alpha value is -1.85. The van der Waals surface area contributed by atoms with Gasteiger partial charge >= 0.3 is 0 Å². The zero-order valence-corrected chi connectivity index (χ0v) is 8.94. The first-order valence-corrected chi connectivity index (χ1v) is 4.49. The summed E-state index contributed by atoms with van der Waals surface area (Å²) in [6.07, 6.45) is 0. The normalized spacial score (nSPS) is 10.1. The van der Waals surface area contributed by atoms with Crippen LogP contribution in [0.2, 0.25) is 0 Å². The van der Waals surface area contributed by atoms with E-state index in [1.807, 2.05) is 6.92 Å². The fourth-order valence-corrected chi connectivity index (χ4v) is 1.05.